The van der Waals surface area contributed by atoms with Gasteiger partial charge in [0.25, 0.3) is 5.91 Å². The van der Waals surface area contributed by atoms with Crippen LogP contribution in [0, 0.1) is 13.8 Å². The molecular weight excluding hydrogens is 286 g/mol. The maximum Gasteiger partial charge on any atom is 0.252 e. The molecule has 0 aliphatic carbocycles. The van der Waals surface area contributed by atoms with Crippen LogP contribution in [0.25, 0.3) is 10.9 Å². The number of amides is 1. The van der Waals surface area contributed by atoms with E-state index in [0.29, 0.717) is 6.04 Å². The summed E-state index contributed by atoms with van der Waals surface area (Å²) in [5.41, 5.74) is 3.64. The van der Waals surface area contributed by atoms with Crippen LogP contribution in [0.3, 0.4) is 0 Å². The van der Waals surface area contributed by atoms with Gasteiger partial charge in [-0.3, -0.25) is 14.7 Å². The number of fused-ring (bicyclic) bond motifs is 1. The van der Waals surface area contributed by atoms with Gasteiger partial charge in [-0.05, 0) is 58.0 Å². The van der Waals surface area contributed by atoms with Gasteiger partial charge in [0, 0.05) is 23.7 Å². The number of nitrogens with one attached hydrogen (secondary N) is 1. The molecular formula is C19H25N3O. The summed E-state index contributed by atoms with van der Waals surface area (Å²) in [6.07, 6.45) is 2.40. The lowest BCUT2D eigenvalue weighted by atomic mass is 10.0. The largest absolute Gasteiger partial charge is 0.350 e. The first-order valence-corrected chi connectivity index (χ1v) is 8.48. The molecule has 23 heavy (non-hydrogen) atoms. The third-order valence-corrected chi connectivity index (χ3v) is 4.74. The summed E-state index contributed by atoms with van der Waals surface area (Å²) in [6.45, 7) is 9.08. The molecule has 1 saturated heterocycles. The number of carbonyl (C=O) groups excluding carboxylic acids is 1. The third-order valence-electron chi connectivity index (χ3n) is 4.74. The minimum atomic E-state index is 0.00838. The molecule has 1 aliphatic rings. The van der Waals surface area contributed by atoms with E-state index in [4.69, 9.17) is 0 Å². The SMILES string of the molecule is CCN1CCCC1CNC(=O)c1cc(C)nc2ccc(C)cc12. The fourth-order valence-corrected chi connectivity index (χ4v) is 3.51. The van der Waals surface area contributed by atoms with Crippen LogP contribution >= 0.6 is 0 Å². The molecule has 0 spiro atoms. The fraction of sp³-hybridized carbons (Fsp3) is 0.474. The van der Waals surface area contributed by atoms with Crippen LogP contribution in [-0.4, -0.2) is 41.5 Å². The Kier molecular flexibility index (Phi) is 4.62. The van der Waals surface area contributed by atoms with Crippen molar-refractivity contribution in [2.75, 3.05) is 19.6 Å². The highest BCUT2D eigenvalue weighted by atomic mass is 16.1. The monoisotopic (exact) mass is 311 g/mol. The van der Waals surface area contributed by atoms with Crippen molar-refractivity contribution in [2.24, 2.45) is 0 Å². The van der Waals surface area contributed by atoms with E-state index in [-0.39, 0.29) is 5.91 Å². The van der Waals surface area contributed by atoms with Gasteiger partial charge in [-0.2, -0.15) is 0 Å². The lowest BCUT2D eigenvalue weighted by molar-refractivity contribution is 0.0943. The number of aryl methyl sites for hydroxylation is 2. The highest BCUT2D eigenvalue weighted by Gasteiger charge is 2.23. The van der Waals surface area contributed by atoms with Gasteiger partial charge in [-0.1, -0.05) is 18.6 Å². The number of aromatic nitrogens is 1. The minimum absolute atomic E-state index is 0.00838. The van der Waals surface area contributed by atoms with E-state index in [0.717, 1.165) is 47.4 Å². The second-order valence-electron chi connectivity index (χ2n) is 6.47. The van der Waals surface area contributed by atoms with Crippen molar-refractivity contribution in [3.63, 3.8) is 0 Å². The van der Waals surface area contributed by atoms with Crippen LogP contribution in [0.4, 0.5) is 0 Å². The molecule has 1 N–H and O–H groups in total. The maximum atomic E-state index is 12.7. The number of likely N-dealkylation sites (N-methyl/N-ethyl adjacent to an activating group) is 1. The first kappa shape index (κ1) is 15.9. The molecule has 2 aromatic rings. The van der Waals surface area contributed by atoms with Crippen molar-refractivity contribution in [1.29, 1.82) is 0 Å². The van der Waals surface area contributed by atoms with Gasteiger partial charge < -0.3 is 5.32 Å². The number of hydrogen-bond acceptors (Lipinski definition) is 3. The smallest absolute Gasteiger partial charge is 0.252 e. The Hall–Kier alpha value is -1.94. The van der Waals surface area contributed by atoms with Crippen molar-refractivity contribution >= 4 is 16.8 Å². The summed E-state index contributed by atoms with van der Waals surface area (Å²) in [7, 11) is 0. The highest BCUT2D eigenvalue weighted by Crippen LogP contribution is 2.21. The van der Waals surface area contributed by atoms with Gasteiger partial charge >= 0.3 is 0 Å². The van der Waals surface area contributed by atoms with Crippen LogP contribution in [0.2, 0.25) is 0 Å². The zero-order valence-electron chi connectivity index (χ0n) is 14.2. The summed E-state index contributed by atoms with van der Waals surface area (Å²) in [5, 5.41) is 4.07. The van der Waals surface area contributed by atoms with Gasteiger partial charge in [0.1, 0.15) is 0 Å². The third kappa shape index (κ3) is 3.37. The van der Waals surface area contributed by atoms with E-state index < -0.39 is 0 Å². The van der Waals surface area contributed by atoms with E-state index >= 15 is 0 Å². The quantitative estimate of drug-likeness (QED) is 0.944. The molecule has 0 radical (unpaired) electrons. The second kappa shape index (κ2) is 6.67. The van der Waals surface area contributed by atoms with Crippen molar-refractivity contribution in [1.82, 2.24) is 15.2 Å². The average Bonchev–Trinajstić information content (AvgIpc) is 2.99. The molecule has 1 aromatic heterocycles. The van der Waals surface area contributed by atoms with Gasteiger partial charge in [-0.25, -0.2) is 0 Å². The number of nitrogens with zero attached hydrogens (tertiary/aromatic N) is 2. The van der Waals surface area contributed by atoms with E-state index in [2.05, 4.69) is 22.1 Å². The molecule has 1 atom stereocenters. The Morgan fingerprint density at radius 1 is 1.35 bits per heavy atom. The van der Waals surface area contributed by atoms with Gasteiger partial charge in [0.15, 0.2) is 0 Å². The normalized spacial score (nSPS) is 18.5. The molecule has 1 fully saturated rings. The number of carbonyl (C=O) groups is 1. The maximum absolute atomic E-state index is 12.7. The molecule has 3 rings (SSSR count). The minimum Gasteiger partial charge on any atom is -0.350 e. The van der Waals surface area contributed by atoms with Crippen LogP contribution in [0.1, 0.15) is 41.4 Å². The summed E-state index contributed by atoms with van der Waals surface area (Å²) >= 11 is 0. The average molecular weight is 311 g/mol. The standard InChI is InChI=1S/C19H25N3O/c1-4-22-9-5-6-15(22)12-20-19(23)17-11-14(3)21-18-8-7-13(2)10-16(17)18/h7-8,10-11,15H,4-6,9,12H2,1-3H3,(H,20,23). The number of benzene rings is 1. The molecule has 1 aromatic carbocycles. The first-order valence-electron chi connectivity index (χ1n) is 8.48. The van der Waals surface area contributed by atoms with Crippen molar-refractivity contribution in [3.8, 4) is 0 Å². The number of rotatable bonds is 4. The van der Waals surface area contributed by atoms with Gasteiger partial charge in [0.2, 0.25) is 0 Å². The van der Waals surface area contributed by atoms with Gasteiger partial charge in [-0.15, -0.1) is 0 Å². The summed E-state index contributed by atoms with van der Waals surface area (Å²) in [6, 6.07) is 8.44. The summed E-state index contributed by atoms with van der Waals surface area (Å²) in [5.74, 6) is 0.00838. The predicted molar refractivity (Wildman–Crippen MR) is 93.8 cm³/mol. The zero-order chi connectivity index (χ0) is 16.4. The lowest BCUT2D eigenvalue weighted by Crippen LogP contribution is -2.40. The molecule has 1 aliphatic heterocycles. The second-order valence-corrected chi connectivity index (χ2v) is 6.47. The lowest BCUT2D eigenvalue weighted by Gasteiger charge is -2.23. The molecule has 1 unspecified atom stereocenters. The topological polar surface area (TPSA) is 45.2 Å². The van der Waals surface area contributed by atoms with Crippen LogP contribution in [-0.2, 0) is 0 Å². The molecule has 1 amide bonds. The van der Waals surface area contributed by atoms with Crippen LogP contribution < -0.4 is 5.32 Å². The number of pyridine rings is 1. The Morgan fingerprint density at radius 2 is 2.17 bits per heavy atom. The Bertz CT molecular complexity index is 726. The molecule has 2 heterocycles. The van der Waals surface area contributed by atoms with E-state index in [9.17, 15) is 4.79 Å². The molecule has 4 heteroatoms. The van der Waals surface area contributed by atoms with Gasteiger partial charge in [0.05, 0.1) is 11.1 Å². The fourth-order valence-electron chi connectivity index (χ4n) is 3.51. The van der Waals surface area contributed by atoms with E-state index in [1.165, 1.54) is 12.8 Å². The Morgan fingerprint density at radius 3 is 2.96 bits per heavy atom. The predicted octanol–water partition coefficient (Wildman–Crippen LogP) is 3.07. The highest BCUT2D eigenvalue weighted by molar-refractivity contribution is 6.06. The molecule has 122 valence electrons. The molecule has 4 nitrogen and oxygen atoms in total. The Balaban J connectivity index is 1.81. The zero-order valence-corrected chi connectivity index (χ0v) is 14.2. The van der Waals surface area contributed by atoms with Crippen LogP contribution in [0.5, 0.6) is 0 Å². The van der Waals surface area contributed by atoms with Crippen LogP contribution in [0.15, 0.2) is 24.3 Å². The number of hydrogen-bond donors (Lipinski definition) is 1. The van der Waals surface area contributed by atoms with Crippen molar-refractivity contribution < 1.29 is 4.79 Å². The summed E-state index contributed by atoms with van der Waals surface area (Å²) in [4.78, 5) is 19.7. The van der Waals surface area contributed by atoms with Crippen molar-refractivity contribution in [2.45, 2.75) is 39.7 Å². The number of likely N-dealkylation sites (tertiary alicyclic amines) is 1. The van der Waals surface area contributed by atoms with Crippen molar-refractivity contribution in [3.05, 3.63) is 41.1 Å². The summed E-state index contributed by atoms with van der Waals surface area (Å²) < 4.78 is 0. The molecule has 0 bridgehead atoms. The van der Waals surface area contributed by atoms with E-state index in [1.54, 1.807) is 0 Å². The molecule has 0 saturated carbocycles. The first-order chi connectivity index (χ1) is 11.1. The Labute approximate surface area is 137 Å². The van der Waals surface area contributed by atoms with E-state index in [1.807, 2.05) is 38.1 Å².